The summed E-state index contributed by atoms with van der Waals surface area (Å²) in [5.74, 6) is 0.736. The van der Waals surface area contributed by atoms with Crippen molar-refractivity contribution in [1.82, 2.24) is 9.78 Å². The van der Waals surface area contributed by atoms with E-state index in [0.717, 1.165) is 5.92 Å². The zero-order valence-electron chi connectivity index (χ0n) is 9.34. The Hall–Kier alpha value is -1.57. The number of hydrogen-bond acceptors (Lipinski definition) is 1. The van der Waals surface area contributed by atoms with E-state index < -0.39 is 0 Å². The molecule has 0 unspecified atom stereocenters. The number of aromatic nitrogens is 2. The number of rotatable bonds is 2. The van der Waals surface area contributed by atoms with Crippen molar-refractivity contribution in [3.05, 3.63) is 48.3 Å². The van der Waals surface area contributed by atoms with E-state index in [1.54, 1.807) is 0 Å². The molecule has 0 radical (unpaired) electrons. The third-order valence-corrected chi connectivity index (χ3v) is 3.48. The van der Waals surface area contributed by atoms with Crippen molar-refractivity contribution in [3.63, 3.8) is 0 Å². The average molecular weight is 212 g/mol. The first-order chi connectivity index (χ1) is 7.95. The fourth-order valence-corrected chi connectivity index (χ4v) is 2.69. The molecule has 16 heavy (non-hydrogen) atoms. The smallest absolute Gasteiger partial charge is 0.0680 e. The lowest BCUT2D eigenvalue weighted by Crippen LogP contribution is -2.02. The van der Waals surface area contributed by atoms with E-state index in [-0.39, 0.29) is 0 Å². The van der Waals surface area contributed by atoms with Gasteiger partial charge in [-0.15, -0.1) is 0 Å². The Balaban J connectivity index is 2.04. The zero-order chi connectivity index (χ0) is 10.8. The Morgan fingerprint density at radius 2 is 1.88 bits per heavy atom. The van der Waals surface area contributed by atoms with Crippen LogP contribution >= 0.6 is 0 Å². The van der Waals surface area contributed by atoms with Crippen LogP contribution in [-0.2, 0) is 0 Å². The molecule has 3 rings (SSSR count). The topological polar surface area (TPSA) is 17.8 Å². The molecule has 0 spiro atoms. The Labute approximate surface area is 95.9 Å². The lowest BCUT2D eigenvalue weighted by molar-refractivity contribution is 0.708. The molecule has 1 aromatic carbocycles. The van der Waals surface area contributed by atoms with Crippen molar-refractivity contribution in [2.45, 2.75) is 31.6 Å². The highest BCUT2D eigenvalue weighted by Crippen LogP contribution is 2.36. The van der Waals surface area contributed by atoms with Crippen LogP contribution in [0, 0.1) is 0 Å². The Kier molecular flexibility index (Phi) is 2.49. The highest BCUT2D eigenvalue weighted by atomic mass is 15.3. The molecule has 0 amide bonds. The fourth-order valence-electron chi connectivity index (χ4n) is 2.69. The first-order valence-corrected chi connectivity index (χ1v) is 6.04. The molecule has 0 aliphatic heterocycles. The molecule has 1 heterocycles. The molecule has 0 saturated heterocycles. The lowest BCUT2D eigenvalue weighted by atomic mass is 9.96. The second-order valence-electron chi connectivity index (χ2n) is 4.49. The number of hydrogen-bond donors (Lipinski definition) is 0. The van der Waals surface area contributed by atoms with E-state index >= 15 is 0 Å². The van der Waals surface area contributed by atoms with Gasteiger partial charge in [0.1, 0.15) is 0 Å². The van der Waals surface area contributed by atoms with Crippen LogP contribution in [0.1, 0.15) is 37.2 Å². The minimum atomic E-state index is 0.736. The summed E-state index contributed by atoms with van der Waals surface area (Å²) in [4.78, 5) is 0. The van der Waals surface area contributed by atoms with Crippen molar-refractivity contribution >= 4 is 0 Å². The molecule has 1 aromatic heterocycles. The van der Waals surface area contributed by atoms with Gasteiger partial charge in [0.15, 0.2) is 0 Å². The summed E-state index contributed by atoms with van der Waals surface area (Å²) in [7, 11) is 0. The maximum absolute atomic E-state index is 4.34. The van der Waals surface area contributed by atoms with Crippen LogP contribution in [0.4, 0.5) is 0 Å². The summed E-state index contributed by atoms with van der Waals surface area (Å²) < 4.78 is 1.98. The second kappa shape index (κ2) is 4.12. The number of nitrogens with zero attached hydrogens (tertiary/aromatic N) is 2. The van der Waals surface area contributed by atoms with Crippen LogP contribution < -0.4 is 0 Å². The molecule has 2 aromatic rings. The largest absolute Gasteiger partial charge is 0.241 e. The second-order valence-corrected chi connectivity index (χ2v) is 4.49. The third kappa shape index (κ3) is 1.64. The minimum Gasteiger partial charge on any atom is -0.241 e. The van der Waals surface area contributed by atoms with E-state index in [0.29, 0.717) is 0 Å². The fraction of sp³-hybridized carbons (Fsp3) is 0.357. The normalized spacial score (nSPS) is 16.8. The lowest BCUT2D eigenvalue weighted by Gasteiger charge is -2.14. The van der Waals surface area contributed by atoms with Gasteiger partial charge in [0.2, 0.25) is 0 Å². The van der Waals surface area contributed by atoms with Crippen LogP contribution in [0.15, 0.2) is 42.7 Å². The van der Waals surface area contributed by atoms with Gasteiger partial charge in [-0.05, 0) is 36.5 Å². The van der Waals surface area contributed by atoms with E-state index in [1.807, 2.05) is 23.1 Å². The average Bonchev–Trinajstić information content (AvgIpc) is 3.03. The summed E-state index contributed by atoms with van der Waals surface area (Å²) in [6.07, 6.45) is 9.27. The summed E-state index contributed by atoms with van der Waals surface area (Å²) >= 11 is 0. The van der Waals surface area contributed by atoms with Crippen molar-refractivity contribution in [1.29, 1.82) is 0 Å². The molecular weight excluding hydrogens is 196 g/mol. The van der Waals surface area contributed by atoms with Gasteiger partial charge in [0.05, 0.1) is 5.69 Å². The molecule has 2 nitrogen and oxygen atoms in total. The van der Waals surface area contributed by atoms with Gasteiger partial charge in [-0.25, -0.2) is 4.68 Å². The van der Waals surface area contributed by atoms with Crippen molar-refractivity contribution < 1.29 is 0 Å². The monoisotopic (exact) mass is 212 g/mol. The van der Waals surface area contributed by atoms with Gasteiger partial charge in [-0.2, -0.15) is 5.10 Å². The van der Waals surface area contributed by atoms with Gasteiger partial charge >= 0.3 is 0 Å². The molecule has 1 aliphatic carbocycles. The van der Waals surface area contributed by atoms with E-state index in [2.05, 4.69) is 29.4 Å². The maximum Gasteiger partial charge on any atom is 0.0680 e. The summed E-state index contributed by atoms with van der Waals surface area (Å²) in [6.45, 7) is 0. The Bertz CT molecular complexity index is 453. The zero-order valence-corrected chi connectivity index (χ0v) is 9.34. The van der Waals surface area contributed by atoms with Gasteiger partial charge in [-0.3, -0.25) is 0 Å². The molecule has 0 bridgehead atoms. The van der Waals surface area contributed by atoms with Crippen LogP contribution in [-0.4, -0.2) is 9.78 Å². The quantitative estimate of drug-likeness (QED) is 0.744. The molecule has 2 heteroatoms. The Morgan fingerprint density at radius 1 is 1.06 bits per heavy atom. The van der Waals surface area contributed by atoms with Crippen molar-refractivity contribution in [3.8, 4) is 5.69 Å². The molecular formula is C14H16N2. The van der Waals surface area contributed by atoms with Crippen molar-refractivity contribution in [2.24, 2.45) is 0 Å². The van der Waals surface area contributed by atoms with Gasteiger partial charge in [-0.1, -0.05) is 31.0 Å². The minimum absolute atomic E-state index is 0.736. The molecule has 0 N–H and O–H groups in total. The summed E-state index contributed by atoms with van der Waals surface area (Å²) in [6, 6.07) is 10.6. The molecule has 1 aliphatic rings. The van der Waals surface area contributed by atoms with E-state index in [4.69, 9.17) is 0 Å². The summed E-state index contributed by atoms with van der Waals surface area (Å²) in [5, 5.41) is 4.34. The highest BCUT2D eigenvalue weighted by Gasteiger charge is 2.20. The van der Waals surface area contributed by atoms with Crippen LogP contribution in [0.25, 0.3) is 5.69 Å². The van der Waals surface area contributed by atoms with E-state index in [1.165, 1.54) is 36.9 Å². The number of para-hydroxylation sites is 1. The first-order valence-electron chi connectivity index (χ1n) is 6.04. The molecule has 82 valence electrons. The van der Waals surface area contributed by atoms with Crippen molar-refractivity contribution in [2.75, 3.05) is 0 Å². The molecule has 1 saturated carbocycles. The van der Waals surface area contributed by atoms with Gasteiger partial charge in [0.25, 0.3) is 0 Å². The van der Waals surface area contributed by atoms with E-state index in [9.17, 15) is 0 Å². The van der Waals surface area contributed by atoms with Crippen LogP contribution in [0.5, 0.6) is 0 Å². The predicted octanol–water partition coefficient (Wildman–Crippen LogP) is 3.53. The Morgan fingerprint density at radius 3 is 2.62 bits per heavy atom. The highest BCUT2D eigenvalue weighted by molar-refractivity contribution is 5.42. The molecule has 0 atom stereocenters. The van der Waals surface area contributed by atoms with Gasteiger partial charge < -0.3 is 0 Å². The third-order valence-electron chi connectivity index (χ3n) is 3.48. The first kappa shape index (κ1) is 9.64. The van der Waals surface area contributed by atoms with Gasteiger partial charge in [0, 0.05) is 12.4 Å². The number of benzene rings is 1. The van der Waals surface area contributed by atoms with Crippen LogP contribution in [0.3, 0.4) is 0 Å². The standard InChI is InChI=1S/C14H16N2/c1-2-7-12(6-1)13-8-3-4-9-14(13)16-11-5-10-15-16/h3-5,8-12H,1-2,6-7H2. The SMILES string of the molecule is c1ccc(-n2cccn2)c(C2CCCC2)c1. The van der Waals surface area contributed by atoms with Crippen LogP contribution in [0.2, 0.25) is 0 Å². The predicted molar refractivity (Wildman–Crippen MR) is 64.8 cm³/mol. The summed E-state index contributed by atoms with van der Waals surface area (Å²) in [5.41, 5.74) is 2.71. The maximum atomic E-state index is 4.34. The molecule has 1 fully saturated rings.